The van der Waals surface area contributed by atoms with Crippen LogP contribution in [0.1, 0.15) is 5.56 Å². The zero-order chi connectivity index (χ0) is 12.3. The second-order valence-corrected chi connectivity index (χ2v) is 4.56. The van der Waals surface area contributed by atoms with E-state index in [1.807, 2.05) is 37.3 Å². The van der Waals surface area contributed by atoms with Gasteiger partial charge in [-0.25, -0.2) is 0 Å². The highest BCUT2D eigenvalue weighted by Crippen LogP contribution is 2.40. The fourth-order valence-corrected chi connectivity index (χ4v) is 2.68. The van der Waals surface area contributed by atoms with Crippen LogP contribution in [0.4, 0.5) is 0 Å². The number of aromatic hydroxyl groups is 1. The maximum absolute atomic E-state index is 10.4. The minimum absolute atomic E-state index is 0.296. The molecule has 3 nitrogen and oxygen atoms in total. The van der Waals surface area contributed by atoms with Crippen molar-refractivity contribution in [3.8, 4) is 5.75 Å². The van der Waals surface area contributed by atoms with Crippen LogP contribution in [0.25, 0.3) is 32.8 Å². The third-order valence-electron chi connectivity index (χ3n) is 3.57. The molecule has 4 rings (SSSR count). The lowest BCUT2D eigenvalue weighted by Gasteiger charge is -2.02. The van der Waals surface area contributed by atoms with E-state index >= 15 is 0 Å². The zero-order valence-corrected chi connectivity index (χ0v) is 9.82. The number of aromatic amines is 1. The Kier molecular flexibility index (Phi) is 1.64. The van der Waals surface area contributed by atoms with Gasteiger partial charge in [0.2, 0.25) is 0 Å². The molecule has 0 radical (unpaired) electrons. The van der Waals surface area contributed by atoms with Crippen LogP contribution in [0.5, 0.6) is 5.75 Å². The number of fused-ring (bicyclic) bond motifs is 5. The van der Waals surface area contributed by atoms with Crippen LogP contribution in [0.2, 0.25) is 0 Å². The molecule has 2 aromatic carbocycles. The smallest absolute Gasteiger partial charge is 0.142 e. The first-order valence-corrected chi connectivity index (χ1v) is 5.86. The van der Waals surface area contributed by atoms with Gasteiger partial charge >= 0.3 is 0 Å². The van der Waals surface area contributed by atoms with Gasteiger partial charge in [0.1, 0.15) is 11.3 Å². The third kappa shape index (κ3) is 0.991. The first-order chi connectivity index (χ1) is 8.77. The highest BCUT2D eigenvalue weighted by Gasteiger charge is 2.16. The second-order valence-electron chi connectivity index (χ2n) is 4.56. The van der Waals surface area contributed by atoms with Crippen LogP contribution in [-0.2, 0) is 0 Å². The Hall–Kier alpha value is -2.42. The number of hydrogen-bond acceptors (Lipinski definition) is 2. The van der Waals surface area contributed by atoms with Crippen molar-refractivity contribution >= 4 is 32.8 Å². The van der Waals surface area contributed by atoms with Gasteiger partial charge in [-0.15, -0.1) is 0 Å². The highest BCUT2D eigenvalue weighted by molar-refractivity contribution is 6.19. The molecule has 2 N–H and O–H groups in total. The number of hydrogen-bond donors (Lipinski definition) is 2. The summed E-state index contributed by atoms with van der Waals surface area (Å²) in [6.07, 6.45) is 1.65. The standard InChI is InChI=1S/C15H11NO2/c1-8-14(17)12-9-4-2-3-5-11(9)16-13(12)10-6-7-18-15(8)10/h2-7,16-17H,1H3. The van der Waals surface area contributed by atoms with Crippen molar-refractivity contribution in [1.29, 1.82) is 0 Å². The van der Waals surface area contributed by atoms with Crippen molar-refractivity contribution in [2.75, 3.05) is 0 Å². The predicted molar refractivity (Wildman–Crippen MR) is 72.0 cm³/mol. The fourth-order valence-electron chi connectivity index (χ4n) is 2.68. The number of benzene rings is 2. The average molecular weight is 237 g/mol. The first kappa shape index (κ1) is 9.59. The highest BCUT2D eigenvalue weighted by atomic mass is 16.3. The van der Waals surface area contributed by atoms with E-state index in [1.165, 1.54) is 0 Å². The molecule has 0 aliphatic carbocycles. The quantitative estimate of drug-likeness (QED) is 0.484. The normalized spacial score (nSPS) is 11.8. The van der Waals surface area contributed by atoms with E-state index in [-0.39, 0.29) is 0 Å². The van der Waals surface area contributed by atoms with Gasteiger partial charge in [-0.1, -0.05) is 18.2 Å². The number of aromatic nitrogens is 1. The molecule has 88 valence electrons. The van der Waals surface area contributed by atoms with E-state index in [1.54, 1.807) is 6.26 Å². The lowest BCUT2D eigenvalue weighted by Crippen LogP contribution is -1.79. The molecule has 3 heteroatoms. The van der Waals surface area contributed by atoms with Crippen LogP contribution in [0, 0.1) is 6.92 Å². The Morgan fingerprint density at radius 3 is 2.83 bits per heavy atom. The van der Waals surface area contributed by atoms with Gasteiger partial charge in [-0.2, -0.15) is 0 Å². The van der Waals surface area contributed by atoms with Crippen LogP contribution in [-0.4, -0.2) is 10.1 Å². The topological polar surface area (TPSA) is 49.2 Å². The molecular weight excluding hydrogens is 226 g/mol. The van der Waals surface area contributed by atoms with E-state index in [4.69, 9.17) is 4.42 Å². The molecule has 18 heavy (non-hydrogen) atoms. The molecular formula is C15H11NO2. The molecule has 2 heterocycles. The minimum atomic E-state index is 0.296. The molecule has 0 bridgehead atoms. The summed E-state index contributed by atoms with van der Waals surface area (Å²) in [6.45, 7) is 1.88. The second kappa shape index (κ2) is 3.07. The first-order valence-electron chi connectivity index (χ1n) is 5.86. The zero-order valence-electron chi connectivity index (χ0n) is 9.82. The summed E-state index contributed by atoms with van der Waals surface area (Å²) in [6, 6.07) is 9.91. The summed E-state index contributed by atoms with van der Waals surface area (Å²) in [5.41, 5.74) is 3.48. The Morgan fingerprint density at radius 2 is 1.94 bits per heavy atom. The monoisotopic (exact) mass is 237 g/mol. The van der Waals surface area contributed by atoms with Gasteiger partial charge in [0.25, 0.3) is 0 Å². The van der Waals surface area contributed by atoms with Gasteiger partial charge in [-0.3, -0.25) is 0 Å². The minimum Gasteiger partial charge on any atom is -0.507 e. The molecule has 2 aromatic heterocycles. The van der Waals surface area contributed by atoms with Crippen LogP contribution in [0.15, 0.2) is 41.0 Å². The van der Waals surface area contributed by atoms with Crippen molar-refractivity contribution in [1.82, 2.24) is 4.98 Å². The molecule has 0 aliphatic heterocycles. The van der Waals surface area contributed by atoms with Crippen molar-refractivity contribution in [2.45, 2.75) is 6.92 Å². The molecule has 0 saturated heterocycles. The fraction of sp³-hybridized carbons (Fsp3) is 0.0667. The Balaban J connectivity index is 2.43. The van der Waals surface area contributed by atoms with Gasteiger partial charge in [0.15, 0.2) is 0 Å². The number of aryl methyl sites for hydroxylation is 1. The van der Waals surface area contributed by atoms with Crippen molar-refractivity contribution in [3.63, 3.8) is 0 Å². The molecule has 0 aliphatic rings. The van der Waals surface area contributed by atoms with Crippen molar-refractivity contribution < 1.29 is 9.52 Å². The summed E-state index contributed by atoms with van der Waals surface area (Å²) in [5.74, 6) is 0.296. The summed E-state index contributed by atoms with van der Waals surface area (Å²) in [7, 11) is 0. The third-order valence-corrected chi connectivity index (χ3v) is 3.57. The molecule has 0 fully saturated rings. The number of furan rings is 1. The van der Waals surface area contributed by atoms with Crippen molar-refractivity contribution in [2.24, 2.45) is 0 Å². The predicted octanol–water partition coefficient (Wildman–Crippen LogP) is 4.08. The van der Waals surface area contributed by atoms with Gasteiger partial charge in [0, 0.05) is 21.9 Å². The molecule has 0 atom stereocenters. The lowest BCUT2D eigenvalue weighted by molar-refractivity contribution is 0.476. The molecule has 0 spiro atoms. The van der Waals surface area contributed by atoms with E-state index in [2.05, 4.69) is 4.98 Å². The molecule has 0 unspecified atom stereocenters. The van der Waals surface area contributed by atoms with E-state index in [0.29, 0.717) is 5.75 Å². The summed E-state index contributed by atoms with van der Waals surface area (Å²) < 4.78 is 5.45. The lowest BCUT2D eigenvalue weighted by atomic mass is 10.1. The van der Waals surface area contributed by atoms with Gasteiger partial charge in [-0.05, 0) is 19.1 Å². The van der Waals surface area contributed by atoms with E-state index < -0.39 is 0 Å². The van der Waals surface area contributed by atoms with Crippen molar-refractivity contribution in [3.05, 3.63) is 42.2 Å². The largest absolute Gasteiger partial charge is 0.507 e. The number of phenolic OH excluding ortho intramolecular Hbond substituents is 1. The SMILES string of the molecule is Cc1c(O)c2c3ccccc3[nH]c2c2ccoc12. The molecule has 0 saturated carbocycles. The number of phenols is 1. The number of rotatable bonds is 0. The van der Waals surface area contributed by atoms with E-state index in [9.17, 15) is 5.11 Å². The number of H-pyrrole nitrogens is 1. The molecule has 0 amide bonds. The summed E-state index contributed by atoms with van der Waals surface area (Å²) in [5, 5.41) is 13.3. The maximum Gasteiger partial charge on any atom is 0.142 e. The molecule has 4 aromatic rings. The summed E-state index contributed by atoms with van der Waals surface area (Å²) in [4.78, 5) is 3.36. The Labute approximate surface area is 103 Å². The Bertz CT molecular complexity index is 899. The average Bonchev–Trinajstić information content (AvgIpc) is 2.99. The van der Waals surface area contributed by atoms with Crippen LogP contribution in [0.3, 0.4) is 0 Å². The number of para-hydroxylation sites is 1. The number of nitrogens with one attached hydrogen (secondary N) is 1. The maximum atomic E-state index is 10.4. The summed E-state index contributed by atoms with van der Waals surface area (Å²) >= 11 is 0. The van der Waals surface area contributed by atoms with Gasteiger partial charge < -0.3 is 14.5 Å². The van der Waals surface area contributed by atoms with Gasteiger partial charge in [0.05, 0.1) is 17.2 Å². The van der Waals surface area contributed by atoms with Crippen LogP contribution < -0.4 is 0 Å². The van der Waals surface area contributed by atoms with Crippen LogP contribution >= 0.6 is 0 Å². The van der Waals surface area contributed by atoms with E-state index in [0.717, 1.165) is 38.3 Å². The Morgan fingerprint density at radius 1 is 1.11 bits per heavy atom.